The molecule has 0 aromatic rings. The minimum Gasteiger partial charge on any atom is -0.360 e. The van der Waals surface area contributed by atoms with Gasteiger partial charge in [0.2, 0.25) is 0 Å². The number of amides is 1. The van der Waals surface area contributed by atoms with Crippen molar-refractivity contribution >= 4 is 11.9 Å². The van der Waals surface area contributed by atoms with Crippen LogP contribution in [-0.4, -0.2) is 36.6 Å². The molecule has 1 N–H and O–H groups in total. The quantitative estimate of drug-likeness (QED) is 0.515. The van der Waals surface area contributed by atoms with Crippen molar-refractivity contribution in [2.75, 3.05) is 19.6 Å². The molecule has 5 nitrogen and oxygen atoms in total. The average molecular weight is 200 g/mol. The van der Waals surface area contributed by atoms with Crippen LogP contribution in [-0.2, 0) is 14.4 Å². The summed E-state index contributed by atoms with van der Waals surface area (Å²) in [4.78, 5) is 26.9. The molecule has 5 heteroatoms. The van der Waals surface area contributed by atoms with Crippen molar-refractivity contribution in [2.24, 2.45) is 0 Å². The van der Waals surface area contributed by atoms with Crippen molar-refractivity contribution in [2.45, 2.75) is 26.2 Å². The first-order chi connectivity index (χ1) is 6.74. The Kier molecular flexibility index (Phi) is 4.39. The first kappa shape index (κ1) is 11.0. The van der Waals surface area contributed by atoms with Crippen LogP contribution in [0.25, 0.3) is 0 Å². The largest absolute Gasteiger partial charge is 0.415 e. The van der Waals surface area contributed by atoms with E-state index >= 15 is 0 Å². The number of hydrogen-bond donors (Lipinski definition) is 1. The Morgan fingerprint density at radius 3 is 2.64 bits per heavy atom. The number of nitrogens with one attached hydrogen (secondary N) is 1. The number of hydrogen-bond acceptors (Lipinski definition) is 4. The Bertz CT molecular complexity index is 214. The van der Waals surface area contributed by atoms with Crippen LogP contribution < -0.4 is 5.32 Å². The number of rotatable bonds is 4. The number of carbonyl (C=O) groups excluding carboxylic acids is 2. The summed E-state index contributed by atoms with van der Waals surface area (Å²) in [5.74, 6) is -1.45. The SMILES string of the molecule is CCCCNC(=O)C(=O)ON1CCC1. The van der Waals surface area contributed by atoms with Gasteiger partial charge < -0.3 is 10.2 Å². The average Bonchev–Trinajstić information content (AvgIpc) is 2.11. The maximum Gasteiger partial charge on any atom is 0.415 e. The molecule has 1 aliphatic rings. The molecule has 14 heavy (non-hydrogen) atoms. The summed E-state index contributed by atoms with van der Waals surface area (Å²) < 4.78 is 0. The number of unbranched alkanes of at least 4 members (excludes halogenated alkanes) is 1. The van der Waals surface area contributed by atoms with E-state index in [0.717, 1.165) is 32.4 Å². The molecule has 0 bridgehead atoms. The molecular weight excluding hydrogens is 184 g/mol. The van der Waals surface area contributed by atoms with Crippen molar-refractivity contribution in [1.29, 1.82) is 0 Å². The normalized spacial score (nSPS) is 15.8. The van der Waals surface area contributed by atoms with Gasteiger partial charge in [-0.05, 0) is 12.8 Å². The Balaban J connectivity index is 2.12. The van der Waals surface area contributed by atoms with Gasteiger partial charge >= 0.3 is 11.9 Å². The van der Waals surface area contributed by atoms with Crippen molar-refractivity contribution in [3.8, 4) is 0 Å². The summed E-state index contributed by atoms with van der Waals surface area (Å²) in [6.45, 7) is 4.01. The van der Waals surface area contributed by atoms with Gasteiger partial charge in [-0.25, -0.2) is 4.79 Å². The highest BCUT2D eigenvalue weighted by atomic mass is 16.7. The molecule has 0 unspecified atom stereocenters. The maximum atomic E-state index is 11.1. The van der Waals surface area contributed by atoms with E-state index in [0.29, 0.717) is 6.54 Å². The predicted molar refractivity (Wildman–Crippen MR) is 50.2 cm³/mol. The monoisotopic (exact) mass is 200 g/mol. The summed E-state index contributed by atoms with van der Waals surface area (Å²) in [6.07, 6.45) is 2.88. The second-order valence-electron chi connectivity index (χ2n) is 3.27. The lowest BCUT2D eigenvalue weighted by Crippen LogP contribution is -2.43. The van der Waals surface area contributed by atoms with Crippen LogP contribution in [0, 0.1) is 0 Å². The van der Waals surface area contributed by atoms with Gasteiger partial charge in [0.25, 0.3) is 0 Å². The highest BCUT2D eigenvalue weighted by molar-refractivity contribution is 6.32. The fourth-order valence-corrected chi connectivity index (χ4v) is 0.988. The molecule has 1 fully saturated rings. The molecule has 0 aromatic heterocycles. The third-order valence-electron chi connectivity index (χ3n) is 2.03. The smallest absolute Gasteiger partial charge is 0.360 e. The second-order valence-corrected chi connectivity index (χ2v) is 3.27. The van der Waals surface area contributed by atoms with Crippen molar-refractivity contribution in [3.05, 3.63) is 0 Å². The van der Waals surface area contributed by atoms with E-state index in [9.17, 15) is 9.59 Å². The molecule has 1 saturated heterocycles. The predicted octanol–water partition coefficient (Wildman–Crippen LogP) is 0.0666. The fraction of sp³-hybridized carbons (Fsp3) is 0.778. The van der Waals surface area contributed by atoms with Gasteiger partial charge in [0.15, 0.2) is 0 Å². The van der Waals surface area contributed by atoms with E-state index in [2.05, 4.69) is 5.32 Å². The molecular formula is C9H16N2O3. The zero-order valence-corrected chi connectivity index (χ0v) is 8.41. The lowest BCUT2D eigenvalue weighted by molar-refractivity contribution is -0.207. The van der Waals surface area contributed by atoms with Crippen LogP contribution in [0.5, 0.6) is 0 Å². The van der Waals surface area contributed by atoms with Gasteiger partial charge in [-0.3, -0.25) is 4.79 Å². The Morgan fingerprint density at radius 1 is 1.43 bits per heavy atom. The minimum absolute atomic E-state index is 0.532. The van der Waals surface area contributed by atoms with E-state index in [1.54, 1.807) is 0 Å². The third kappa shape index (κ3) is 3.33. The van der Waals surface area contributed by atoms with E-state index in [1.807, 2.05) is 6.92 Å². The maximum absolute atomic E-state index is 11.1. The lowest BCUT2D eigenvalue weighted by atomic mass is 10.3. The van der Waals surface area contributed by atoms with Gasteiger partial charge in [0.05, 0.1) is 0 Å². The number of nitrogens with zero attached hydrogens (tertiary/aromatic N) is 1. The first-order valence-electron chi connectivity index (χ1n) is 4.99. The van der Waals surface area contributed by atoms with Crippen LogP contribution in [0.15, 0.2) is 0 Å². The Morgan fingerprint density at radius 2 is 2.14 bits per heavy atom. The molecule has 0 atom stereocenters. The van der Waals surface area contributed by atoms with Gasteiger partial charge in [0.1, 0.15) is 0 Å². The molecule has 0 aromatic carbocycles. The van der Waals surface area contributed by atoms with Crippen molar-refractivity contribution in [1.82, 2.24) is 10.4 Å². The highest BCUT2D eigenvalue weighted by Crippen LogP contribution is 2.05. The van der Waals surface area contributed by atoms with Crippen molar-refractivity contribution in [3.63, 3.8) is 0 Å². The van der Waals surface area contributed by atoms with E-state index in [1.165, 1.54) is 5.06 Å². The second kappa shape index (κ2) is 5.59. The fourth-order valence-electron chi connectivity index (χ4n) is 0.988. The van der Waals surface area contributed by atoms with Crippen LogP contribution in [0.4, 0.5) is 0 Å². The topological polar surface area (TPSA) is 58.6 Å². The molecule has 0 radical (unpaired) electrons. The first-order valence-corrected chi connectivity index (χ1v) is 4.99. The number of hydroxylamine groups is 2. The molecule has 1 aliphatic heterocycles. The zero-order chi connectivity index (χ0) is 10.4. The van der Waals surface area contributed by atoms with Crippen LogP contribution >= 0.6 is 0 Å². The molecule has 0 aliphatic carbocycles. The minimum atomic E-state index is -0.805. The van der Waals surface area contributed by atoms with Gasteiger partial charge in [-0.2, -0.15) is 0 Å². The van der Waals surface area contributed by atoms with Gasteiger partial charge in [-0.15, -0.1) is 5.06 Å². The Hall–Kier alpha value is -1.10. The lowest BCUT2D eigenvalue weighted by Gasteiger charge is -2.27. The van der Waals surface area contributed by atoms with E-state index in [-0.39, 0.29) is 0 Å². The summed E-state index contributed by atoms with van der Waals surface area (Å²) in [7, 11) is 0. The zero-order valence-electron chi connectivity index (χ0n) is 8.41. The van der Waals surface area contributed by atoms with Crippen molar-refractivity contribution < 1.29 is 14.4 Å². The number of carbonyl (C=O) groups is 2. The standard InChI is InChI=1S/C9H16N2O3/c1-2-3-5-10-8(12)9(13)14-11-6-4-7-11/h2-7H2,1H3,(H,10,12). The molecule has 0 saturated carbocycles. The van der Waals surface area contributed by atoms with Crippen LogP contribution in [0.2, 0.25) is 0 Å². The van der Waals surface area contributed by atoms with Gasteiger partial charge in [-0.1, -0.05) is 13.3 Å². The Labute approximate surface area is 83.4 Å². The molecule has 0 spiro atoms. The van der Waals surface area contributed by atoms with Crippen LogP contribution in [0.1, 0.15) is 26.2 Å². The summed E-state index contributed by atoms with van der Waals surface area (Å²) in [5.41, 5.74) is 0. The molecule has 1 rings (SSSR count). The molecule has 1 amide bonds. The third-order valence-corrected chi connectivity index (χ3v) is 2.03. The molecule has 1 heterocycles. The molecule has 80 valence electrons. The van der Waals surface area contributed by atoms with E-state index < -0.39 is 11.9 Å². The highest BCUT2D eigenvalue weighted by Gasteiger charge is 2.23. The summed E-state index contributed by atoms with van der Waals surface area (Å²) >= 11 is 0. The van der Waals surface area contributed by atoms with Crippen LogP contribution in [0.3, 0.4) is 0 Å². The summed E-state index contributed by atoms with van der Waals surface area (Å²) in [5, 5.41) is 3.98. The summed E-state index contributed by atoms with van der Waals surface area (Å²) in [6, 6.07) is 0. The van der Waals surface area contributed by atoms with Gasteiger partial charge in [0, 0.05) is 19.6 Å². The van der Waals surface area contributed by atoms with E-state index in [4.69, 9.17) is 4.84 Å².